The van der Waals surface area contributed by atoms with E-state index in [0.29, 0.717) is 53.5 Å². The van der Waals surface area contributed by atoms with Gasteiger partial charge >= 0.3 is 6.09 Å². The van der Waals surface area contributed by atoms with E-state index < -0.39 is 17.6 Å². The van der Waals surface area contributed by atoms with Crippen LogP contribution in [0.5, 0.6) is 17.2 Å². The van der Waals surface area contributed by atoms with Gasteiger partial charge in [-0.2, -0.15) is 5.26 Å². The monoisotopic (exact) mass is 509 g/mol. The summed E-state index contributed by atoms with van der Waals surface area (Å²) >= 11 is 0. The fourth-order valence-corrected chi connectivity index (χ4v) is 3.44. The molecule has 37 heavy (non-hydrogen) atoms. The van der Waals surface area contributed by atoms with Crippen LogP contribution in [0.15, 0.2) is 36.4 Å². The number of carbonyl (C=O) groups is 2. The van der Waals surface area contributed by atoms with Gasteiger partial charge in [-0.3, -0.25) is 4.79 Å². The summed E-state index contributed by atoms with van der Waals surface area (Å²) in [6, 6.07) is 12.4. The normalized spacial score (nSPS) is 11.4. The highest BCUT2D eigenvalue weighted by Gasteiger charge is 2.30. The number of nitrogens with two attached hydrogens (primary N) is 1. The summed E-state index contributed by atoms with van der Waals surface area (Å²) in [5, 5.41) is 9.90. The summed E-state index contributed by atoms with van der Waals surface area (Å²) in [4.78, 5) is 27.2. The number of amides is 2. The van der Waals surface area contributed by atoms with Crippen LogP contribution in [-0.4, -0.2) is 45.0 Å². The van der Waals surface area contributed by atoms with Crippen LogP contribution in [0.25, 0.3) is 11.6 Å². The van der Waals surface area contributed by atoms with Crippen molar-refractivity contribution >= 4 is 29.3 Å². The maximum Gasteiger partial charge on any atom is 0.421 e. The fraction of sp³-hybridized carbons (Fsp3) is 0.393. The van der Waals surface area contributed by atoms with E-state index in [4.69, 9.17) is 24.7 Å². The van der Waals surface area contributed by atoms with Crippen LogP contribution in [0, 0.1) is 11.3 Å². The van der Waals surface area contributed by atoms with E-state index in [1.807, 2.05) is 6.92 Å². The molecular weight excluding hydrogens is 474 g/mol. The van der Waals surface area contributed by atoms with Crippen LogP contribution in [0.2, 0.25) is 0 Å². The molecule has 0 aliphatic carbocycles. The van der Waals surface area contributed by atoms with Gasteiger partial charge in [0.1, 0.15) is 11.4 Å². The van der Waals surface area contributed by atoms with E-state index in [1.165, 1.54) is 7.11 Å². The van der Waals surface area contributed by atoms with Gasteiger partial charge in [-0.15, -0.1) is 0 Å². The molecule has 0 radical (unpaired) electrons. The fourth-order valence-electron chi connectivity index (χ4n) is 3.44. The molecule has 9 heteroatoms. The molecule has 2 rings (SSSR count). The zero-order valence-electron chi connectivity index (χ0n) is 22.3. The van der Waals surface area contributed by atoms with Gasteiger partial charge in [0.05, 0.1) is 38.2 Å². The Bertz CT molecular complexity index is 1180. The van der Waals surface area contributed by atoms with Crippen LogP contribution >= 0.6 is 0 Å². The molecule has 2 amide bonds. The summed E-state index contributed by atoms with van der Waals surface area (Å²) in [7, 11) is 2.99. The second-order valence-electron chi connectivity index (χ2n) is 9.00. The lowest BCUT2D eigenvalue weighted by atomic mass is 10.0. The van der Waals surface area contributed by atoms with Crippen molar-refractivity contribution in [3.8, 4) is 23.3 Å². The van der Waals surface area contributed by atoms with Crippen molar-refractivity contribution < 1.29 is 28.5 Å². The van der Waals surface area contributed by atoms with Gasteiger partial charge in [0.15, 0.2) is 11.5 Å². The molecular formula is C28H35N3O6. The van der Waals surface area contributed by atoms with Crippen molar-refractivity contribution in [3.05, 3.63) is 47.5 Å². The molecule has 2 aromatic rings. The first-order valence-corrected chi connectivity index (χ1v) is 12.0. The van der Waals surface area contributed by atoms with Gasteiger partial charge in [0.25, 0.3) is 0 Å². The van der Waals surface area contributed by atoms with E-state index in [2.05, 4.69) is 6.07 Å². The van der Waals surface area contributed by atoms with Crippen molar-refractivity contribution in [2.45, 2.75) is 46.1 Å². The predicted molar refractivity (Wildman–Crippen MR) is 143 cm³/mol. The first kappa shape index (κ1) is 29.2. The van der Waals surface area contributed by atoms with Crippen LogP contribution in [0.1, 0.15) is 51.7 Å². The van der Waals surface area contributed by atoms with Gasteiger partial charge in [0, 0.05) is 6.42 Å². The van der Waals surface area contributed by atoms with Crippen LogP contribution < -0.4 is 24.8 Å². The average Bonchev–Trinajstić information content (AvgIpc) is 2.85. The van der Waals surface area contributed by atoms with E-state index in [9.17, 15) is 14.9 Å². The minimum Gasteiger partial charge on any atom is -0.495 e. The maximum atomic E-state index is 13.1. The highest BCUT2D eigenvalue weighted by molar-refractivity contribution is 6.13. The number of hydrogen-bond acceptors (Lipinski definition) is 8. The van der Waals surface area contributed by atoms with Gasteiger partial charge in [0.2, 0.25) is 5.91 Å². The van der Waals surface area contributed by atoms with E-state index in [1.54, 1.807) is 70.4 Å². The molecule has 0 bridgehead atoms. The number of allylic oxidation sites excluding steroid dienone is 1. The summed E-state index contributed by atoms with van der Waals surface area (Å²) < 4.78 is 21.9. The first-order valence-electron chi connectivity index (χ1n) is 12.0. The zero-order valence-corrected chi connectivity index (χ0v) is 22.3. The molecule has 198 valence electrons. The molecule has 9 nitrogen and oxygen atoms in total. The van der Waals surface area contributed by atoms with E-state index >= 15 is 0 Å². The lowest BCUT2D eigenvalue weighted by Gasteiger charge is -2.27. The Balaban J connectivity index is 2.61. The number of methoxy groups -OCH3 is 2. The number of imide groups is 1. The maximum absolute atomic E-state index is 13.1. The molecule has 2 aromatic carbocycles. The van der Waals surface area contributed by atoms with E-state index in [0.717, 1.165) is 4.90 Å². The SMILES string of the molecule is CCOc1cc(C(C#N)=Cc2ccc(OC)c(N(C(=O)CCCN)C(=O)OC(C)(C)C)c2)ccc1OC. The predicted octanol–water partition coefficient (Wildman–Crippen LogP) is 5.17. The Labute approximate surface area is 218 Å². The molecule has 0 atom stereocenters. The molecule has 0 aliphatic heterocycles. The molecule has 0 spiro atoms. The molecule has 0 fully saturated rings. The van der Waals surface area contributed by atoms with Crippen molar-refractivity contribution in [2.75, 3.05) is 32.3 Å². The number of anilines is 1. The smallest absolute Gasteiger partial charge is 0.421 e. The Hall–Kier alpha value is -4.03. The number of hydrogen-bond donors (Lipinski definition) is 1. The number of nitriles is 1. The lowest BCUT2D eigenvalue weighted by Crippen LogP contribution is -2.41. The number of rotatable bonds is 10. The number of nitrogens with zero attached hydrogens (tertiary/aromatic N) is 2. The summed E-state index contributed by atoms with van der Waals surface area (Å²) in [6.45, 7) is 7.74. The van der Waals surface area contributed by atoms with Gasteiger partial charge in [-0.1, -0.05) is 6.07 Å². The second kappa shape index (κ2) is 13.3. The molecule has 2 N–H and O–H groups in total. The van der Waals surface area contributed by atoms with Crippen molar-refractivity contribution in [1.82, 2.24) is 0 Å². The molecule has 0 heterocycles. The Morgan fingerprint density at radius 3 is 2.30 bits per heavy atom. The third-order valence-corrected chi connectivity index (χ3v) is 5.07. The quantitative estimate of drug-likeness (QED) is 0.343. The number of carbonyl (C=O) groups excluding carboxylic acids is 2. The highest BCUT2D eigenvalue weighted by atomic mass is 16.6. The van der Waals surface area contributed by atoms with Crippen LogP contribution in [0.3, 0.4) is 0 Å². The van der Waals surface area contributed by atoms with Crippen LogP contribution in [0.4, 0.5) is 10.5 Å². The lowest BCUT2D eigenvalue weighted by molar-refractivity contribution is -0.118. The van der Waals surface area contributed by atoms with Gasteiger partial charge < -0.3 is 24.7 Å². The topological polar surface area (TPSA) is 124 Å². The van der Waals surface area contributed by atoms with Crippen LogP contribution in [-0.2, 0) is 9.53 Å². The standard InChI is InChI=1S/C28H35N3O6/c1-7-36-25-17-20(11-13-24(25)35-6)21(18-30)15-19-10-12-23(34-5)22(16-19)31(26(32)9-8-14-29)27(33)37-28(2,3)4/h10-13,15-17H,7-9,14,29H2,1-6H3. The van der Waals surface area contributed by atoms with E-state index in [-0.39, 0.29) is 12.1 Å². The summed E-state index contributed by atoms with van der Waals surface area (Å²) in [5.41, 5.74) is 6.49. The van der Waals surface area contributed by atoms with Gasteiger partial charge in [-0.25, -0.2) is 9.69 Å². The minimum absolute atomic E-state index is 0.0501. The zero-order chi connectivity index (χ0) is 27.6. The minimum atomic E-state index is -0.828. The van der Waals surface area contributed by atoms with Crippen molar-refractivity contribution in [1.29, 1.82) is 5.26 Å². The van der Waals surface area contributed by atoms with Gasteiger partial charge in [-0.05, 0) is 88.2 Å². The molecule has 0 saturated heterocycles. The molecule has 0 saturated carbocycles. The van der Waals surface area contributed by atoms with Crippen molar-refractivity contribution in [3.63, 3.8) is 0 Å². The highest BCUT2D eigenvalue weighted by Crippen LogP contribution is 2.34. The summed E-state index contributed by atoms with van der Waals surface area (Å²) in [6.07, 6.45) is 1.27. The number of benzene rings is 2. The Kier molecular flexibility index (Phi) is 10.5. The third kappa shape index (κ3) is 7.98. The molecule has 0 aliphatic rings. The van der Waals surface area contributed by atoms with Crippen molar-refractivity contribution in [2.24, 2.45) is 5.73 Å². The summed E-state index contributed by atoms with van der Waals surface area (Å²) in [5.74, 6) is 0.890. The Morgan fingerprint density at radius 2 is 1.73 bits per heavy atom. The third-order valence-electron chi connectivity index (χ3n) is 5.07. The average molecular weight is 510 g/mol. The molecule has 0 unspecified atom stereocenters. The largest absolute Gasteiger partial charge is 0.495 e. The number of ether oxygens (including phenoxy) is 4. The molecule has 0 aromatic heterocycles. The Morgan fingerprint density at radius 1 is 1.05 bits per heavy atom. The first-order chi connectivity index (χ1) is 17.6. The second-order valence-corrected chi connectivity index (χ2v) is 9.00.